The van der Waals surface area contributed by atoms with Crippen LogP contribution >= 0.6 is 13.5 Å². The van der Waals surface area contributed by atoms with E-state index >= 15 is 0 Å². The number of phenols is 6. The van der Waals surface area contributed by atoms with E-state index in [1.54, 1.807) is 87.5 Å². The first-order valence-electron chi connectivity index (χ1n) is 44.7. The molecule has 24 N–H and O–H groups in total. The van der Waals surface area contributed by atoms with Gasteiger partial charge in [-0.3, -0.25) is 0 Å². The normalized spacial score (nSPS) is 22.0. The molecule has 12 rings (SSSR count). The molecular weight excluding hydrogens is 1860 g/mol. The Labute approximate surface area is 814 Å². The minimum absolute atomic E-state index is 0. The fourth-order valence-electron chi connectivity index (χ4n) is 15.5. The lowest BCUT2D eigenvalue weighted by molar-refractivity contribution is -0.277. The van der Waals surface area contributed by atoms with Crippen molar-refractivity contribution in [2.24, 2.45) is 0 Å². The number of benzene rings is 9. The maximum Gasteiger partial charge on any atom is 0.338 e. The van der Waals surface area contributed by atoms with E-state index in [-0.39, 0.29) is 109 Å². The second-order valence-corrected chi connectivity index (χ2v) is 33.2. The largest absolute Gasteiger partial charge is 0.508 e. The Kier molecular flexibility index (Phi) is 44.0. The molecule has 3 aliphatic rings. The highest BCUT2D eigenvalue weighted by atomic mass is 32.1. The van der Waals surface area contributed by atoms with Crippen molar-refractivity contribution in [3.8, 4) is 80.5 Å². The molecule has 768 valence electrons. The van der Waals surface area contributed by atoms with Crippen LogP contribution in [0.25, 0.3) is 0 Å². The standard InChI is InChI=1S/2C27H38O10.C24H26O7.C22H24O12.H2S/c2*1-4-5-6-16-7-9-19(18(11-16)13-28)36-22(14-29)24(31)17-8-10-20(21(12-17)34-3)37-27-26(33)25(32)23(30)15(2)35-27;1-31-23-10-14(2-7-22(23)30)19(13-27)24(15-3-5-20(28)17(8-15)11-25)16-4-6-21(29)18(9-16)12-26;1-9-3-4-11(7-12(9)21(30)31-2)33-22-19(28)18(27)17(26)15(34-22)8-32-20(29)10-5-13(23)16(25)14(24)6-10;/h2*7-12,15,22-33H,4-6,13-14H2,1-3H3;2-10,19,24-30H,11-13H2,1H3;3-7,15,17-19,22-28H,8H2,1-2H3;1H2/t;;19-;;/m..1../s1. The van der Waals surface area contributed by atoms with Gasteiger partial charge in [0.2, 0.25) is 18.9 Å². The molecule has 3 aliphatic heterocycles. The summed E-state index contributed by atoms with van der Waals surface area (Å²) in [4.78, 5) is 24.1. The molecule has 19 unspecified atom stereocenters. The number of unbranched alkanes of at least 4 members (excludes halogenated alkanes) is 2. The first-order chi connectivity index (χ1) is 66.4. The number of methoxy groups -OCH3 is 4. The van der Waals surface area contributed by atoms with Crippen LogP contribution in [0.3, 0.4) is 0 Å². The number of aryl methyl sites for hydroxylation is 3. The fraction of sp³-hybridized carbons (Fsp3) is 0.440. The van der Waals surface area contributed by atoms with Crippen LogP contribution in [0.4, 0.5) is 0 Å². The molecular formula is C100H128O39S. The Morgan fingerprint density at radius 1 is 0.386 bits per heavy atom. The van der Waals surface area contributed by atoms with Crippen LogP contribution in [0.15, 0.2) is 158 Å². The van der Waals surface area contributed by atoms with Crippen molar-refractivity contribution in [1.82, 2.24) is 0 Å². The fourth-order valence-corrected chi connectivity index (χ4v) is 15.5. The molecule has 0 radical (unpaired) electrons. The Morgan fingerprint density at radius 3 is 1.21 bits per heavy atom. The number of hydrogen-bond acceptors (Lipinski definition) is 39. The summed E-state index contributed by atoms with van der Waals surface area (Å²) in [7, 11) is 5.44. The van der Waals surface area contributed by atoms with E-state index in [2.05, 4.69) is 13.8 Å². The minimum atomic E-state index is -1.73. The van der Waals surface area contributed by atoms with Gasteiger partial charge in [0.15, 0.2) is 64.0 Å². The molecule has 9 aromatic rings. The number of carbonyl (C=O) groups is 2. The molecule has 40 heteroatoms. The lowest BCUT2D eigenvalue weighted by atomic mass is 9.76. The predicted molar refractivity (Wildman–Crippen MR) is 503 cm³/mol. The summed E-state index contributed by atoms with van der Waals surface area (Å²) < 4.78 is 70.9. The number of carbonyl (C=O) groups excluding carboxylic acids is 2. The Morgan fingerprint density at radius 2 is 0.793 bits per heavy atom. The van der Waals surface area contributed by atoms with E-state index in [9.17, 15) is 132 Å². The highest BCUT2D eigenvalue weighted by Gasteiger charge is 2.48. The molecule has 3 saturated heterocycles. The van der Waals surface area contributed by atoms with Gasteiger partial charge in [-0.05, 0) is 200 Å². The summed E-state index contributed by atoms with van der Waals surface area (Å²) in [6, 6.07) is 40.7. The van der Waals surface area contributed by atoms with Gasteiger partial charge < -0.3 is 184 Å². The predicted octanol–water partition coefficient (Wildman–Crippen LogP) is 5.18. The van der Waals surface area contributed by atoms with Gasteiger partial charge in [-0.25, -0.2) is 9.59 Å². The third-order valence-electron chi connectivity index (χ3n) is 23.7. The third kappa shape index (κ3) is 28.8. The highest BCUT2D eigenvalue weighted by Crippen LogP contribution is 2.45. The van der Waals surface area contributed by atoms with E-state index in [1.165, 1.54) is 83.0 Å². The van der Waals surface area contributed by atoms with Crippen molar-refractivity contribution in [1.29, 1.82) is 0 Å². The second kappa shape index (κ2) is 54.0. The Balaban J connectivity index is 0.000000229. The summed E-state index contributed by atoms with van der Waals surface area (Å²) in [6.45, 7) is 5.91. The summed E-state index contributed by atoms with van der Waals surface area (Å²) in [5.41, 5.74) is 7.29. The average molecular weight is 1990 g/mol. The van der Waals surface area contributed by atoms with Gasteiger partial charge in [-0.15, -0.1) is 0 Å². The molecule has 0 bridgehead atoms. The lowest BCUT2D eigenvalue weighted by Gasteiger charge is -2.39. The molecule has 0 aliphatic carbocycles. The van der Waals surface area contributed by atoms with E-state index in [0.717, 1.165) is 61.8 Å². The number of ether oxygens (including phenoxy) is 13. The van der Waals surface area contributed by atoms with Gasteiger partial charge in [0, 0.05) is 34.1 Å². The summed E-state index contributed by atoms with van der Waals surface area (Å²) in [5, 5.41) is 240. The first kappa shape index (κ1) is 114. The zero-order valence-corrected chi connectivity index (χ0v) is 79.4. The number of esters is 2. The number of rotatable bonds is 38. The molecule has 0 saturated carbocycles. The Bertz CT molecular complexity index is 5200. The molecule has 0 aromatic heterocycles. The molecule has 20 atom stereocenters. The molecule has 39 nitrogen and oxygen atoms in total. The van der Waals surface area contributed by atoms with Crippen LogP contribution in [0.1, 0.15) is 165 Å². The summed E-state index contributed by atoms with van der Waals surface area (Å²) in [5.74, 6) is -3.20. The van der Waals surface area contributed by atoms with Crippen LogP contribution in [0, 0.1) is 6.92 Å². The number of aromatic hydroxyl groups is 6. The van der Waals surface area contributed by atoms with Crippen molar-refractivity contribution in [2.75, 3.05) is 54.9 Å². The number of aliphatic hydroxyl groups excluding tert-OH is 18. The van der Waals surface area contributed by atoms with Crippen LogP contribution in [-0.4, -0.2) is 294 Å². The van der Waals surface area contributed by atoms with E-state index < -0.39 is 177 Å². The Hall–Kier alpha value is -11.4. The summed E-state index contributed by atoms with van der Waals surface area (Å²) >= 11 is 0. The SMILES string of the molecule is CCCCc1ccc(OC(CO)C(O)c2ccc(OC3OC(C)C(O)C(O)C3O)c(OC)c2)c(CO)c1.CCCCc1ccc(OC(CO)C(O)c2ccc(OC3OC(C)C(O)C(O)C3O)c(OC)c2)c(CO)c1.COC(=O)c1cc(OC2OC(COC(=O)c3cc(O)c(O)c(O)c3)C(O)C(O)C2O)ccc1C.COc1cc([C@@H](CO)C(c2ccc(O)c(CO)c2)c2ccc(O)c(CO)c2)ccc1O.S. The van der Waals surface area contributed by atoms with E-state index in [4.69, 9.17) is 61.6 Å². The van der Waals surface area contributed by atoms with Crippen LogP contribution in [0.5, 0.6) is 80.5 Å². The molecule has 3 heterocycles. The zero-order chi connectivity index (χ0) is 102. The van der Waals surface area contributed by atoms with Crippen molar-refractivity contribution >= 4 is 25.4 Å². The monoisotopic (exact) mass is 1980 g/mol. The van der Waals surface area contributed by atoms with Gasteiger partial charge in [0.05, 0.1) is 98.0 Å². The van der Waals surface area contributed by atoms with Gasteiger partial charge in [-0.2, -0.15) is 13.5 Å². The quantitative estimate of drug-likeness (QED) is 0.0175. The first-order valence-corrected chi connectivity index (χ1v) is 44.7. The lowest BCUT2D eigenvalue weighted by Crippen LogP contribution is -2.60. The van der Waals surface area contributed by atoms with Crippen molar-refractivity contribution in [3.05, 3.63) is 236 Å². The van der Waals surface area contributed by atoms with Crippen LogP contribution in [0.2, 0.25) is 0 Å². The van der Waals surface area contributed by atoms with Crippen LogP contribution < -0.4 is 37.9 Å². The van der Waals surface area contributed by atoms with Crippen molar-refractivity contribution in [2.45, 2.75) is 228 Å². The molecule has 140 heavy (non-hydrogen) atoms. The van der Waals surface area contributed by atoms with Crippen molar-refractivity contribution in [3.63, 3.8) is 0 Å². The van der Waals surface area contributed by atoms with E-state index in [0.29, 0.717) is 67.1 Å². The van der Waals surface area contributed by atoms with Crippen LogP contribution in [-0.2, 0) is 63.0 Å². The zero-order valence-electron chi connectivity index (χ0n) is 78.4. The van der Waals surface area contributed by atoms with Crippen molar-refractivity contribution < 1.29 is 194 Å². The van der Waals surface area contributed by atoms with Gasteiger partial charge in [0.1, 0.15) is 109 Å². The second-order valence-electron chi connectivity index (χ2n) is 33.2. The highest BCUT2D eigenvalue weighted by molar-refractivity contribution is 7.59. The molecule has 3 fully saturated rings. The number of hydrogen-bond donors (Lipinski definition) is 24. The van der Waals surface area contributed by atoms with Gasteiger partial charge in [0.25, 0.3) is 0 Å². The minimum Gasteiger partial charge on any atom is -0.508 e. The van der Waals surface area contributed by atoms with Gasteiger partial charge in [-0.1, -0.05) is 75.2 Å². The molecule has 0 spiro atoms. The molecule has 0 amide bonds. The smallest absolute Gasteiger partial charge is 0.338 e. The topological polar surface area (TPSA) is 640 Å². The number of phenolic OH excluding ortho intramolecular Hbond substituents is 4. The van der Waals surface area contributed by atoms with E-state index in [1.807, 2.05) is 24.3 Å². The third-order valence-corrected chi connectivity index (χ3v) is 23.7. The number of aliphatic hydroxyl groups is 18. The summed E-state index contributed by atoms with van der Waals surface area (Å²) in [6.07, 6.45) is -19.1. The molecule has 9 aromatic carbocycles. The maximum absolute atomic E-state index is 12.2. The maximum atomic E-state index is 12.2. The van der Waals surface area contributed by atoms with Gasteiger partial charge >= 0.3 is 11.9 Å². The average Bonchev–Trinajstić information content (AvgIpc) is 0.856.